The lowest BCUT2D eigenvalue weighted by Gasteiger charge is -2.20. The van der Waals surface area contributed by atoms with E-state index in [0.717, 1.165) is 11.7 Å². The fourth-order valence-corrected chi connectivity index (χ4v) is 3.22. The highest BCUT2D eigenvalue weighted by Crippen LogP contribution is 2.27. The second-order valence-corrected chi connectivity index (χ2v) is 7.41. The lowest BCUT2D eigenvalue weighted by Crippen LogP contribution is -2.47. The average Bonchev–Trinajstić information content (AvgIpc) is 3.08. The molecule has 1 aromatic heterocycles. The maximum absolute atomic E-state index is 12.5. The topological polar surface area (TPSA) is 146 Å². The van der Waals surface area contributed by atoms with Crippen LogP contribution in [0.5, 0.6) is 0 Å². The average molecular weight is 436 g/mol. The van der Waals surface area contributed by atoms with Gasteiger partial charge in [-0.25, -0.2) is 4.79 Å². The summed E-state index contributed by atoms with van der Waals surface area (Å²) in [6, 6.07) is 4.20. The number of nitrogens with one attached hydrogen (secondary N) is 3. The number of rotatable bonds is 10. The number of amides is 1. The molecule has 0 saturated heterocycles. The summed E-state index contributed by atoms with van der Waals surface area (Å²) in [5.74, 6) is -1.95. The summed E-state index contributed by atoms with van der Waals surface area (Å²) in [4.78, 5) is 42.3. The number of H-pyrrole nitrogens is 1. The van der Waals surface area contributed by atoms with Crippen molar-refractivity contribution in [3.8, 4) is 0 Å². The van der Waals surface area contributed by atoms with Crippen LogP contribution in [-0.2, 0) is 25.5 Å². The van der Waals surface area contributed by atoms with Crippen molar-refractivity contribution in [2.45, 2.75) is 51.4 Å². The molecule has 9 nitrogen and oxygen atoms in total. The molecule has 2 rings (SSSR count). The number of ketones is 1. The number of Topliss-reactive ketones (excluding diaryl/α,β-unsaturated/α-hetero) is 1. The quantitative estimate of drug-likeness (QED) is 0.194. The zero-order chi connectivity index (χ0) is 22.3. The van der Waals surface area contributed by atoms with E-state index in [2.05, 4.69) is 15.1 Å². The molecule has 1 aromatic carbocycles. The lowest BCUT2D eigenvalue weighted by molar-refractivity contribution is -0.152. The minimum Gasteiger partial charge on any atom is -0.461 e. The van der Waals surface area contributed by atoms with Gasteiger partial charge in [-0.05, 0) is 38.0 Å². The number of carbonyl (C=O) groups excluding carboxylic acids is 3. The van der Waals surface area contributed by atoms with Crippen LogP contribution < -0.4 is 5.32 Å². The van der Waals surface area contributed by atoms with E-state index in [9.17, 15) is 19.5 Å². The van der Waals surface area contributed by atoms with Crippen LogP contribution in [-0.4, -0.2) is 57.0 Å². The Hall–Kier alpha value is -3.00. The Morgan fingerprint density at radius 3 is 2.77 bits per heavy atom. The first-order chi connectivity index (χ1) is 14.2. The fourth-order valence-electron chi connectivity index (χ4n) is 2.92. The van der Waals surface area contributed by atoms with Crippen molar-refractivity contribution in [2.24, 2.45) is 0 Å². The molecule has 0 bridgehead atoms. The van der Waals surface area contributed by atoms with Gasteiger partial charge in [0.25, 0.3) is 0 Å². The molecule has 0 aliphatic rings. The van der Waals surface area contributed by atoms with E-state index in [0.29, 0.717) is 16.0 Å². The molecule has 0 unspecified atom stereocenters. The summed E-state index contributed by atoms with van der Waals surface area (Å²) in [5, 5.41) is 14.0. The Morgan fingerprint density at radius 1 is 1.37 bits per heavy atom. The van der Waals surface area contributed by atoms with E-state index in [4.69, 9.17) is 21.9 Å². The van der Waals surface area contributed by atoms with E-state index in [1.165, 1.54) is 0 Å². The second kappa shape index (κ2) is 10.7. The third kappa shape index (κ3) is 6.25. The Bertz CT molecular complexity index is 981. The van der Waals surface area contributed by atoms with Crippen molar-refractivity contribution in [2.75, 3.05) is 0 Å². The molecule has 0 saturated carbocycles. The molecule has 0 fully saturated rings. The van der Waals surface area contributed by atoms with E-state index in [-0.39, 0.29) is 19.3 Å². The number of aromatic amines is 1. The number of esters is 1. The van der Waals surface area contributed by atoms with Crippen molar-refractivity contribution < 1.29 is 29.0 Å². The minimum absolute atomic E-state index is 0.0219. The van der Waals surface area contributed by atoms with Gasteiger partial charge >= 0.3 is 12.2 Å². The fraction of sp³-hybridized carbons (Fsp3) is 0.400. The monoisotopic (exact) mass is 435 g/mol. The largest absolute Gasteiger partial charge is 0.461 e. The van der Waals surface area contributed by atoms with Crippen LogP contribution in [0.4, 0.5) is 0 Å². The molecular formula is C20H24ClN4O5+. The summed E-state index contributed by atoms with van der Waals surface area (Å²) in [6.45, 7) is 3.31. The van der Waals surface area contributed by atoms with Crippen LogP contribution in [0.3, 0.4) is 0 Å². The van der Waals surface area contributed by atoms with Crippen molar-refractivity contribution in [3.63, 3.8) is 0 Å². The van der Waals surface area contributed by atoms with Crippen molar-refractivity contribution >= 4 is 46.4 Å². The summed E-state index contributed by atoms with van der Waals surface area (Å²) < 4.78 is 5.12. The number of halogens is 1. The summed E-state index contributed by atoms with van der Waals surface area (Å²) in [7, 11) is 0. The molecule has 2 aromatic rings. The van der Waals surface area contributed by atoms with Gasteiger partial charge in [-0.3, -0.25) is 9.59 Å². The van der Waals surface area contributed by atoms with Crippen LogP contribution in [0, 0.1) is 5.53 Å². The SMILES string of the molecule is CC(C)OC(=O)[C@H](CCC(=O)C=[N+]=N)NC(=O)[C@@H](O)Cc1c[nH]c2cccc(Cl)c12. The van der Waals surface area contributed by atoms with E-state index < -0.39 is 35.9 Å². The number of ether oxygens (including phenoxy) is 1. The number of nitrogens with zero attached hydrogens (tertiary/aromatic N) is 1. The van der Waals surface area contributed by atoms with E-state index in [1.807, 2.05) is 6.07 Å². The lowest BCUT2D eigenvalue weighted by atomic mass is 10.0. The molecule has 1 amide bonds. The van der Waals surface area contributed by atoms with Gasteiger partial charge in [0, 0.05) is 29.9 Å². The van der Waals surface area contributed by atoms with Crippen molar-refractivity contribution in [3.05, 3.63) is 35.0 Å². The summed E-state index contributed by atoms with van der Waals surface area (Å²) in [5.41, 5.74) is 8.10. The highest BCUT2D eigenvalue weighted by Gasteiger charge is 2.28. The van der Waals surface area contributed by atoms with Gasteiger partial charge in [0.1, 0.15) is 12.1 Å². The smallest absolute Gasteiger partial charge is 0.372 e. The van der Waals surface area contributed by atoms with Gasteiger partial charge in [0.2, 0.25) is 11.7 Å². The third-order valence-electron chi connectivity index (χ3n) is 4.29. The number of aliphatic hydroxyl groups excluding tert-OH is 1. The maximum Gasteiger partial charge on any atom is 0.372 e. The molecule has 0 aliphatic heterocycles. The van der Waals surface area contributed by atoms with Gasteiger partial charge < -0.3 is 20.1 Å². The molecule has 1 heterocycles. The van der Waals surface area contributed by atoms with Crippen LogP contribution in [0.25, 0.3) is 10.9 Å². The number of hydrogen-bond acceptors (Lipinski definition) is 6. The first-order valence-corrected chi connectivity index (χ1v) is 9.76. The molecule has 10 heteroatoms. The Morgan fingerprint density at radius 2 is 2.10 bits per heavy atom. The second-order valence-electron chi connectivity index (χ2n) is 7.01. The first-order valence-electron chi connectivity index (χ1n) is 9.39. The first kappa shape index (κ1) is 23.3. The summed E-state index contributed by atoms with van der Waals surface area (Å²) >= 11 is 6.22. The molecule has 0 aliphatic carbocycles. The predicted molar refractivity (Wildman–Crippen MR) is 109 cm³/mol. The van der Waals surface area contributed by atoms with Crippen molar-refractivity contribution in [1.29, 1.82) is 5.53 Å². The van der Waals surface area contributed by atoms with Crippen LogP contribution in [0.1, 0.15) is 32.3 Å². The minimum atomic E-state index is -1.44. The normalized spacial score (nSPS) is 12.8. The number of aliphatic hydroxyl groups is 1. The maximum atomic E-state index is 12.5. The predicted octanol–water partition coefficient (Wildman–Crippen LogP) is 1.82. The standard InChI is InChI=1S/C20H23ClN4O5/c1-11(2)30-20(29)16(7-6-13(26)10-24-22)25-19(28)17(27)8-12-9-23-15-5-3-4-14(21)18(12)15/h3-5,9-11,16-17,22-23,27H,6-8H2,1-2H3/p+1/t16-,17-/m0/s1. The third-order valence-corrected chi connectivity index (χ3v) is 4.61. The zero-order valence-electron chi connectivity index (χ0n) is 16.6. The Labute approximate surface area is 178 Å². The van der Waals surface area contributed by atoms with Gasteiger partial charge in [-0.2, -0.15) is 0 Å². The number of aromatic nitrogens is 1. The van der Waals surface area contributed by atoms with E-state index in [1.54, 1.807) is 32.2 Å². The molecule has 30 heavy (non-hydrogen) atoms. The highest BCUT2D eigenvalue weighted by molar-refractivity contribution is 6.35. The van der Waals surface area contributed by atoms with E-state index >= 15 is 0 Å². The zero-order valence-corrected chi connectivity index (χ0v) is 17.4. The molecular weight excluding hydrogens is 412 g/mol. The number of benzene rings is 1. The van der Waals surface area contributed by atoms with Crippen LogP contribution >= 0.6 is 11.6 Å². The molecule has 0 spiro atoms. The van der Waals surface area contributed by atoms with Crippen LogP contribution in [0.15, 0.2) is 24.4 Å². The molecule has 2 atom stereocenters. The number of fused-ring (bicyclic) bond motifs is 1. The van der Waals surface area contributed by atoms with Crippen molar-refractivity contribution in [1.82, 2.24) is 10.3 Å². The summed E-state index contributed by atoms with van der Waals surface area (Å²) in [6.07, 6.45) is 0.438. The van der Waals surface area contributed by atoms with Gasteiger partial charge in [-0.1, -0.05) is 17.7 Å². The Balaban J connectivity index is 2.09. The molecule has 160 valence electrons. The van der Waals surface area contributed by atoms with Gasteiger partial charge in [0.15, 0.2) is 0 Å². The van der Waals surface area contributed by atoms with Gasteiger partial charge in [-0.15, -0.1) is 0 Å². The van der Waals surface area contributed by atoms with Crippen LogP contribution in [0.2, 0.25) is 5.02 Å². The number of carbonyl (C=O) groups is 3. The highest BCUT2D eigenvalue weighted by atomic mass is 35.5. The van der Waals surface area contributed by atoms with Gasteiger partial charge in [0.05, 0.1) is 21.4 Å². The Kier molecular flexibility index (Phi) is 8.29. The molecule has 4 N–H and O–H groups in total. The molecule has 0 radical (unpaired) electrons. The number of hydrogen-bond donors (Lipinski definition) is 4.